The zero-order valence-corrected chi connectivity index (χ0v) is 15.5. The van der Waals surface area contributed by atoms with Gasteiger partial charge in [-0.25, -0.2) is 0 Å². The van der Waals surface area contributed by atoms with E-state index >= 15 is 0 Å². The fourth-order valence-electron chi connectivity index (χ4n) is 2.07. The second kappa shape index (κ2) is 8.38. The van der Waals surface area contributed by atoms with E-state index in [0.717, 1.165) is 6.42 Å². The Bertz CT molecular complexity index is 775. The van der Waals surface area contributed by atoms with Gasteiger partial charge in [0.25, 0.3) is 11.8 Å². The topological polar surface area (TPSA) is 80.6 Å². The minimum atomic E-state index is -0.399. The summed E-state index contributed by atoms with van der Waals surface area (Å²) in [7, 11) is 1.55. The molecule has 2 amide bonds. The summed E-state index contributed by atoms with van der Waals surface area (Å²) in [5, 5.41) is 5.57. The monoisotopic (exact) mass is 356 g/mol. The summed E-state index contributed by atoms with van der Waals surface area (Å²) in [5.41, 5.74) is 0.130. The van der Waals surface area contributed by atoms with E-state index in [2.05, 4.69) is 10.6 Å². The van der Waals surface area contributed by atoms with E-state index in [-0.39, 0.29) is 11.6 Å². The largest absolute Gasteiger partial charge is 0.497 e. The fraction of sp³-hybridized carbons (Fsp3) is 0.300. The molecule has 0 unspecified atom stereocenters. The predicted octanol–water partition coefficient (Wildman–Crippen LogP) is 3.36. The number of carbonyl (C=O) groups excluding carboxylic acids is 2. The fourth-order valence-corrected chi connectivity index (χ4v) is 2.07. The van der Waals surface area contributed by atoms with Gasteiger partial charge in [-0.3, -0.25) is 9.59 Å². The number of amides is 2. The molecule has 0 atom stereocenters. The second-order valence-corrected chi connectivity index (χ2v) is 6.45. The molecular formula is C20H24N2O4. The Morgan fingerprint density at radius 2 is 1.88 bits per heavy atom. The average molecular weight is 356 g/mol. The van der Waals surface area contributed by atoms with E-state index in [1.165, 1.54) is 12.3 Å². The van der Waals surface area contributed by atoms with Gasteiger partial charge < -0.3 is 19.8 Å². The van der Waals surface area contributed by atoms with Gasteiger partial charge in [0.15, 0.2) is 0 Å². The summed E-state index contributed by atoms with van der Waals surface area (Å²) >= 11 is 0. The van der Waals surface area contributed by atoms with Crippen LogP contribution in [0, 0.1) is 0 Å². The molecule has 6 nitrogen and oxygen atoms in total. The van der Waals surface area contributed by atoms with E-state index in [0.29, 0.717) is 17.1 Å². The number of methoxy groups -OCH3 is 1. The third kappa shape index (κ3) is 5.24. The number of furan rings is 1. The van der Waals surface area contributed by atoms with Gasteiger partial charge in [0.1, 0.15) is 17.2 Å². The van der Waals surface area contributed by atoms with Crippen LogP contribution < -0.4 is 15.4 Å². The molecule has 0 fully saturated rings. The SMILES string of the molecule is CCC(C)(C)NC(=O)/C(=C/c1ccco1)NC(=O)c1ccc(OC)cc1. The summed E-state index contributed by atoms with van der Waals surface area (Å²) in [5.74, 6) is 0.347. The van der Waals surface area contributed by atoms with Gasteiger partial charge in [-0.2, -0.15) is 0 Å². The van der Waals surface area contributed by atoms with Crippen LogP contribution >= 0.6 is 0 Å². The van der Waals surface area contributed by atoms with Crippen molar-refractivity contribution in [1.82, 2.24) is 10.6 Å². The van der Waals surface area contributed by atoms with E-state index in [1.54, 1.807) is 43.5 Å². The van der Waals surface area contributed by atoms with Crippen molar-refractivity contribution >= 4 is 17.9 Å². The maximum absolute atomic E-state index is 12.7. The van der Waals surface area contributed by atoms with Crippen molar-refractivity contribution < 1.29 is 18.7 Å². The van der Waals surface area contributed by atoms with Crippen LogP contribution in [0.3, 0.4) is 0 Å². The lowest BCUT2D eigenvalue weighted by Crippen LogP contribution is -2.46. The van der Waals surface area contributed by atoms with Crippen LogP contribution in [0.2, 0.25) is 0 Å². The maximum Gasteiger partial charge on any atom is 0.268 e. The number of hydrogen-bond acceptors (Lipinski definition) is 4. The number of hydrogen-bond donors (Lipinski definition) is 2. The summed E-state index contributed by atoms with van der Waals surface area (Å²) in [6.45, 7) is 5.81. The van der Waals surface area contributed by atoms with Crippen LogP contribution in [-0.2, 0) is 4.79 Å². The first-order valence-electron chi connectivity index (χ1n) is 8.38. The highest BCUT2D eigenvalue weighted by atomic mass is 16.5. The molecule has 0 bridgehead atoms. The average Bonchev–Trinajstić information content (AvgIpc) is 3.14. The molecule has 26 heavy (non-hydrogen) atoms. The van der Waals surface area contributed by atoms with E-state index in [1.807, 2.05) is 20.8 Å². The summed E-state index contributed by atoms with van der Waals surface area (Å²) in [6.07, 6.45) is 3.75. The molecule has 138 valence electrons. The van der Waals surface area contributed by atoms with Crippen molar-refractivity contribution in [1.29, 1.82) is 0 Å². The molecule has 1 aromatic heterocycles. The third-order valence-corrected chi connectivity index (χ3v) is 4.01. The highest BCUT2D eigenvalue weighted by molar-refractivity contribution is 6.05. The standard InChI is InChI=1S/C20H24N2O4/c1-5-20(2,3)22-19(24)17(13-16-7-6-12-26-16)21-18(23)14-8-10-15(25-4)11-9-14/h6-13H,5H2,1-4H3,(H,21,23)(H,22,24)/b17-13-. The van der Waals surface area contributed by atoms with Crippen LogP contribution in [0.1, 0.15) is 43.3 Å². The molecule has 0 aliphatic carbocycles. The molecule has 1 aromatic carbocycles. The van der Waals surface area contributed by atoms with Crippen molar-refractivity contribution in [3.05, 3.63) is 59.7 Å². The third-order valence-electron chi connectivity index (χ3n) is 4.01. The number of benzene rings is 1. The van der Waals surface area contributed by atoms with Gasteiger partial charge in [0.2, 0.25) is 0 Å². The number of carbonyl (C=O) groups is 2. The molecule has 6 heteroatoms. The van der Waals surface area contributed by atoms with Crippen molar-refractivity contribution in [3.8, 4) is 5.75 Å². The van der Waals surface area contributed by atoms with Crippen LogP contribution in [0.15, 0.2) is 52.8 Å². The van der Waals surface area contributed by atoms with Crippen LogP contribution in [0.25, 0.3) is 6.08 Å². The lowest BCUT2D eigenvalue weighted by atomic mass is 10.0. The van der Waals surface area contributed by atoms with Crippen molar-refractivity contribution in [2.24, 2.45) is 0 Å². The van der Waals surface area contributed by atoms with Crippen LogP contribution in [0.5, 0.6) is 5.75 Å². The van der Waals surface area contributed by atoms with Crippen LogP contribution in [0.4, 0.5) is 0 Å². The summed E-state index contributed by atoms with van der Waals surface area (Å²) in [4.78, 5) is 25.2. The van der Waals surface area contributed by atoms with Crippen molar-refractivity contribution in [2.75, 3.05) is 7.11 Å². The van der Waals surface area contributed by atoms with Crippen LogP contribution in [-0.4, -0.2) is 24.5 Å². The molecule has 2 rings (SSSR count). The predicted molar refractivity (Wildman–Crippen MR) is 99.7 cm³/mol. The van der Waals surface area contributed by atoms with Gasteiger partial charge in [-0.15, -0.1) is 0 Å². The second-order valence-electron chi connectivity index (χ2n) is 6.45. The van der Waals surface area contributed by atoms with E-state index in [9.17, 15) is 9.59 Å². The molecule has 2 N–H and O–H groups in total. The lowest BCUT2D eigenvalue weighted by molar-refractivity contribution is -0.119. The first-order valence-corrected chi connectivity index (χ1v) is 8.38. The molecule has 0 radical (unpaired) electrons. The minimum absolute atomic E-state index is 0.113. The van der Waals surface area contributed by atoms with Gasteiger partial charge in [0, 0.05) is 17.2 Å². The highest BCUT2D eigenvalue weighted by Gasteiger charge is 2.22. The molecule has 1 heterocycles. The van der Waals surface area contributed by atoms with E-state index in [4.69, 9.17) is 9.15 Å². The molecule has 2 aromatic rings. The number of rotatable bonds is 7. The lowest BCUT2D eigenvalue weighted by Gasteiger charge is -2.25. The number of ether oxygens (including phenoxy) is 1. The Labute approximate surface area is 153 Å². The Morgan fingerprint density at radius 1 is 1.19 bits per heavy atom. The molecular weight excluding hydrogens is 332 g/mol. The maximum atomic E-state index is 12.7. The molecule has 0 aliphatic heterocycles. The Kier molecular flexibility index (Phi) is 6.22. The Hall–Kier alpha value is -3.02. The van der Waals surface area contributed by atoms with Gasteiger partial charge in [-0.1, -0.05) is 6.92 Å². The quantitative estimate of drug-likeness (QED) is 0.746. The Morgan fingerprint density at radius 3 is 2.42 bits per heavy atom. The van der Waals surface area contributed by atoms with Gasteiger partial charge in [-0.05, 0) is 56.7 Å². The zero-order valence-electron chi connectivity index (χ0n) is 15.5. The molecule has 0 saturated heterocycles. The van der Waals surface area contributed by atoms with E-state index < -0.39 is 11.4 Å². The minimum Gasteiger partial charge on any atom is -0.497 e. The number of nitrogens with one attached hydrogen (secondary N) is 2. The van der Waals surface area contributed by atoms with Crippen molar-refractivity contribution in [3.63, 3.8) is 0 Å². The molecule has 0 spiro atoms. The summed E-state index contributed by atoms with van der Waals surface area (Å²) < 4.78 is 10.3. The molecule has 0 aliphatic rings. The normalized spacial score (nSPS) is 11.8. The summed E-state index contributed by atoms with van der Waals surface area (Å²) in [6, 6.07) is 10.1. The zero-order chi connectivity index (χ0) is 19.2. The smallest absolute Gasteiger partial charge is 0.268 e. The van der Waals surface area contributed by atoms with Gasteiger partial charge in [0.05, 0.1) is 13.4 Å². The first kappa shape index (κ1) is 19.3. The molecule has 0 saturated carbocycles. The Balaban J connectivity index is 2.23. The van der Waals surface area contributed by atoms with Crippen molar-refractivity contribution in [2.45, 2.75) is 32.7 Å². The van der Waals surface area contributed by atoms with Gasteiger partial charge >= 0.3 is 0 Å². The first-order chi connectivity index (χ1) is 12.3. The highest BCUT2D eigenvalue weighted by Crippen LogP contribution is 2.14.